The van der Waals surface area contributed by atoms with Crippen molar-refractivity contribution < 1.29 is 9.18 Å². The highest BCUT2D eigenvalue weighted by Gasteiger charge is 2.17. The third kappa shape index (κ3) is 2.64. The van der Waals surface area contributed by atoms with E-state index in [0.29, 0.717) is 10.3 Å². The maximum absolute atomic E-state index is 13.2. The highest BCUT2D eigenvalue weighted by molar-refractivity contribution is 7.21. The molecule has 4 rings (SSSR count). The van der Waals surface area contributed by atoms with Gasteiger partial charge in [-0.1, -0.05) is 18.2 Å². The van der Waals surface area contributed by atoms with Crippen LogP contribution in [0.3, 0.4) is 0 Å². The molecule has 0 fully saturated rings. The highest BCUT2D eigenvalue weighted by Crippen LogP contribution is 2.31. The number of thiophene rings is 1. The Morgan fingerprint density at radius 2 is 2.00 bits per heavy atom. The lowest BCUT2D eigenvalue weighted by Gasteiger charge is -2.06. The fourth-order valence-corrected chi connectivity index (χ4v) is 4.05. The number of aromatic nitrogens is 2. The fraction of sp³-hybridized carbons (Fsp3) is 0.105. The van der Waals surface area contributed by atoms with Crippen LogP contribution in [0.2, 0.25) is 0 Å². The molecule has 4 nitrogen and oxygen atoms in total. The third-order valence-electron chi connectivity index (χ3n) is 4.20. The molecule has 0 spiro atoms. The van der Waals surface area contributed by atoms with Gasteiger partial charge in [0.15, 0.2) is 5.78 Å². The highest BCUT2D eigenvalue weighted by atomic mass is 32.1. The zero-order chi connectivity index (χ0) is 17.6. The van der Waals surface area contributed by atoms with Crippen molar-refractivity contribution in [3.8, 4) is 0 Å². The number of halogens is 1. The lowest BCUT2D eigenvalue weighted by Crippen LogP contribution is -2.24. The minimum atomic E-state index is -0.450. The maximum Gasteiger partial charge on any atom is 0.261 e. The standard InChI is InChI=1S/C19H13FN2O2S/c1-11-13-4-2-3-5-17(13)25-18(11)16(23)9-22-10-21-15-8-12(20)6-7-14(15)19(22)24/h2-8,10H,9H2,1H3. The molecule has 2 aromatic heterocycles. The summed E-state index contributed by atoms with van der Waals surface area (Å²) >= 11 is 1.43. The molecule has 0 atom stereocenters. The van der Waals surface area contributed by atoms with Gasteiger partial charge >= 0.3 is 0 Å². The predicted molar refractivity (Wildman–Crippen MR) is 96.9 cm³/mol. The molecule has 0 radical (unpaired) electrons. The van der Waals surface area contributed by atoms with Crippen LogP contribution in [0.5, 0.6) is 0 Å². The summed E-state index contributed by atoms with van der Waals surface area (Å²) in [4.78, 5) is 30.0. The van der Waals surface area contributed by atoms with E-state index >= 15 is 0 Å². The molecule has 0 N–H and O–H groups in total. The molecular formula is C19H13FN2O2S. The molecule has 2 heterocycles. The van der Waals surface area contributed by atoms with E-state index in [2.05, 4.69) is 4.98 Å². The van der Waals surface area contributed by atoms with E-state index < -0.39 is 5.82 Å². The number of hydrogen-bond acceptors (Lipinski definition) is 4. The van der Waals surface area contributed by atoms with Gasteiger partial charge in [0.05, 0.1) is 28.7 Å². The van der Waals surface area contributed by atoms with Crippen LogP contribution in [0.1, 0.15) is 15.2 Å². The van der Waals surface area contributed by atoms with Gasteiger partial charge in [0.25, 0.3) is 5.56 Å². The van der Waals surface area contributed by atoms with E-state index in [-0.39, 0.29) is 23.4 Å². The number of aryl methyl sites for hydroxylation is 1. The Kier molecular flexibility index (Phi) is 3.69. The van der Waals surface area contributed by atoms with E-state index in [0.717, 1.165) is 15.6 Å². The summed E-state index contributed by atoms with van der Waals surface area (Å²) in [5.41, 5.74) is 0.860. The topological polar surface area (TPSA) is 52.0 Å². The van der Waals surface area contributed by atoms with Crippen LogP contribution in [0.25, 0.3) is 21.0 Å². The summed E-state index contributed by atoms with van der Waals surface area (Å²) in [7, 11) is 0. The molecule has 0 aliphatic heterocycles. The number of carbonyl (C=O) groups excluding carboxylic acids is 1. The second-order valence-corrected chi connectivity index (χ2v) is 6.87. The second kappa shape index (κ2) is 5.89. The summed E-state index contributed by atoms with van der Waals surface area (Å²) in [6, 6.07) is 11.6. The van der Waals surface area contributed by atoms with E-state index in [4.69, 9.17) is 0 Å². The predicted octanol–water partition coefficient (Wildman–Crippen LogP) is 3.94. The van der Waals surface area contributed by atoms with Gasteiger partial charge in [-0.25, -0.2) is 9.37 Å². The lowest BCUT2D eigenvalue weighted by molar-refractivity contribution is 0.0974. The first-order valence-electron chi connectivity index (χ1n) is 7.70. The van der Waals surface area contributed by atoms with Crippen LogP contribution >= 0.6 is 11.3 Å². The molecule has 4 aromatic rings. The Balaban J connectivity index is 1.74. The molecule has 124 valence electrons. The second-order valence-electron chi connectivity index (χ2n) is 5.81. The molecule has 6 heteroatoms. The van der Waals surface area contributed by atoms with Crippen LogP contribution in [-0.4, -0.2) is 15.3 Å². The van der Waals surface area contributed by atoms with E-state index in [9.17, 15) is 14.0 Å². The Bertz CT molecular complexity index is 1190. The van der Waals surface area contributed by atoms with Crippen molar-refractivity contribution in [2.75, 3.05) is 0 Å². The summed E-state index contributed by atoms with van der Waals surface area (Å²) in [5, 5.41) is 1.35. The number of ketones is 1. The number of carbonyl (C=O) groups is 1. The van der Waals surface area contributed by atoms with Crippen molar-refractivity contribution in [1.29, 1.82) is 0 Å². The zero-order valence-electron chi connectivity index (χ0n) is 13.3. The van der Waals surface area contributed by atoms with Crippen molar-refractivity contribution >= 4 is 38.1 Å². The number of Topliss-reactive ketones (excluding diaryl/α,β-unsaturated/α-hetero) is 1. The molecule has 0 aliphatic rings. The number of benzene rings is 2. The van der Waals surface area contributed by atoms with Crippen molar-refractivity contribution in [2.45, 2.75) is 13.5 Å². The van der Waals surface area contributed by atoms with Gasteiger partial charge in [-0.15, -0.1) is 11.3 Å². The number of rotatable bonds is 3. The average Bonchev–Trinajstić information content (AvgIpc) is 2.95. The van der Waals surface area contributed by atoms with Crippen LogP contribution in [0.15, 0.2) is 53.6 Å². The van der Waals surface area contributed by atoms with Crippen LogP contribution < -0.4 is 5.56 Å². The Morgan fingerprint density at radius 3 is 2.80 bits per heavy atom. The molecule has 0 bridgehead atoms. The summed E-state index contributed by atoms with van der Waals surface area (Å²) in [6.45, 7) is 1.82. The first kappa shape index (κ1) is 15.7. The van der Waals surface area contributed by atoms with Gasteiger partial charge in [0, 0.05) is 10.8 Å². The van der Waals surface area contributed by atoms with Crippen LogP contribution in [0.4, 0.5) is 4.39 Å². The van der Waals surface area contributed by atoms with Gasteiger partial charge in [0.2, 0.25) is 0 Å². The molecule has 0 amide bonds. The minimum absolute atomic E-state index is 0.0905. The van der Waals surface area contributed by atoms with Gasteiger partial charge in [0.1, 0.15) is 5.82 Å². The SMILES string of the molecule is Cc1c(C(=O)Cn2cnc3cc(F)ccc3c2=O)sc2ccccc12. The van der Waals surface area contributed by atoms with Crippen LogP contribution in [0, 0.1) is 12.7 Å². The minimum Gasteiger partial charge on any atom is -0.291 e. The molecular weight excluding hydrogens is 339 g/mol. The average molecular weight is 352 g/mol. The number of hydrogen-bond donors (Lipinski definition) is 0. The quantitative estimate of drug-likeness (QED) is 0.525. The van der Waals surface area contributed by atoms with E-state index in [1.54, 1.807) is 0 Å². The first-order valence-corrected chi connectivity index (χ1v) is 8.52. The van der Waals surface area contributed by atoms with Crippen molar-refractivity contribution in [3.63, 3.8) is 0 Å². The van der Waals surface area contributed by atoms with Crippen molar-refractivity contribution in [2.24, 2.45) is 0 Å². The Labute approximate surface area is 146 Å². The van der Waals surface area contributed by atoms with Gasteiger partial charge in [-0.3, -0.25) is 14.2 Å². The van der Waals surface area contributed by atoms with Gasteiger partial charge in [-0.05, 0) is 36.1 Å². The summed E-state index contributed by atoms with van der Waals surface area (Å²) in [5.74, 6) is -0.585. The Hall–Kier alpha value is -2.86. The monoisotopic (exact) mass is 352 g/mol. The maximum atomic E-state index is 13.2. The number of nitrogens with zero attached hydrogens (tertiary/aromatic N) is 2. The molecule has 25 heavy (non-hydrogen) atoms. The summed E-state index contributed by atoms with van der Waals surface area (Å²) < 4.78 is 15.6. The van der Waals surface area contributed by atoms with Gasteiger partial charge < -0.3 is 0 Å². The molecule has 0 aliphatic carbocycles. The Morgan fingerprint density at radius 1 is 1.20 bits per heavy atom. The van der Waals surface area contributed by atoms with Crippen molar-refractivity contribution in [1.82, 2.24) is 9.55 Å². The number of fused-ring (bicyclic) bond motifs is 2. The molecule has 0 unspecified atom stereocenters. The fourth-order valence-electron chi connectivity index (χ4n) is 2.91. The van der Waals surface area contributed by atoms with E-state index in [1.165, 1.54) is 40.4 Å². The summed E-state index contributed by atoms with van der Waals surface area (Å²) in [6.07, 6.45) is 1.30. The first-order chi connectivity index (χ1) is 12.0. The largest absolute Gasteiger partial charge is 0.291 e. The molecule has 2 aromatic carbocycles. The lowest BCUT2D eigenvalue weighted by atomic mass is 10.1. The molecule has 0 saturated carbocycles. The molecule has 0 saturated heterocycles. The van der Waals surface area contributed by atoms with E-state index in [1.807, 2.05) is 31.2 Å². The van der Waals surface area contributed by atoms with Crippen molar-refractivity contribution in [3.05, 3.63) is 75.4 Å². The zero-order valence-corrected chi connectivity index (χ0v) is 14.1. The van der Waals surface area contributed by atoms with Crippen LogP contribution in [-0.2, 0) is 6.54 Å². The normalized spacial score (nSPS) is 11.3. The van der Waals surface area contributed by atoms with Gasteiger partial charge in [-0.2, -0.15) is 0 Å². The smallest absolute Gasteiger partial charge is 0.261 e. The third-order valence-corrected chi connectivity index (χ3v) is 5.51.